The lowest BCUT2D eigenvalue weighted by atomic mass is 10.1. The van der Waals surface area contributed by atoms with E-state index in [1.54, 1.807) is 12.1 Å². The Kier molecular flexibility index (Phi) is 5.90. The Hall–Kier alpha value is -2.17. The smallest absolute Gasteiger partial charge is 0.326 e. The van der Waals surface area contributed by atoms with Gasteiger partial charge in [0.25, 0.3) is 0 Å². The van der Waals surface area contributed by atoms with Gasteiger partial charge in [-0.3, -0.25) is 4.79 Å². The largest absolute Gasteiger partial charge is 0.480 e. The van der Waals surface area contributed by atoms with Crippen molar-refractivity contribution in [3.63, 3.8) is 0 Å². The molecule has 0 bridgehead atoms. The number of halogens is 1. The molecular formula is C15H18FNO3. The van der Waals surface area contributed by atoms with Crippen molar-refractivity contribution in [2.75, 3.05) is 0 Å². The van der Waals surface area contributed by atoms with Crippen LogP contribution in [-0.4, -0.2) is 23.0 Å². The fraction of sp³-hybridized carbons (Fsp3) is 0.333. The van der Waals surface area contributed by atoms with E-state index in [0.717, 1.165) is 5.57 Å². The Morgan fingerprint density at radius 1 is 1.40 bits per heavy atom. The van der Waals surface area contributed by atoms with Crippen molar-refractivity contribution >= 4 is 11.9 Å². The molecule has 1 atom stereocenters. The summed E-state index contributed by atoms with van der Waals surface area (Å²) in [5, 5.41) is 11.5. The average molecular weight is 279 g/mol. The third kappa shape index (κ3) is 5.65. The number of rotatable bonds is 6. The standard InChI is InChI=1S/C15H18FNO3/c1-10(2)6-7-13(15(19)20)17-14(18)9-11-4-3-5-12(16)8-11/h3-6,8,13H,7,9H2,1-2H3,(H,17,18)(H,19,20)/t13-/m0/s1. The second-order valence-corrected chi connectivity index (χ2v) is 4.78. The van der Waals surface area contributed by atoms with Gasteiger partial charge >= 0.3 is 5.97 Å². The number of carboxylic acids is 1. The number of aliphatic carboxylic acids is 1. The van der Waals surface area contributed by atoms with Crippen LogP contribution < -0.4 is 5.32 Å². The molecule has 0 aliphatic carbocycles. The van der Waals surface area contributed by atoms with Gasteiger partial charge in [0.15, 0.2) is 0 Å². The van der Waals surface area contributed by atoms with Crippen molar-refractivity contribution in [1.82, 2.24) is 5.32 Å². The molecule has 0 aliphatic heterocycles. The maximum absolute atomic E-state index is 13.0. The number of nitrogens with one attached hydrogen (secondary N) is 1. The van der Waals surface area contributed by atoms with Crippen LogP contribution in [0.1, 0.15) is 25.8 Å². The number of hydrogen-bond acceptors (Lipinski definition) is 2. The molecule has 1 amide bonds. The minimum absolute atomic E-state index is 0.0453. The molecule has 0 aliphatic rings. The van der Waals surface area contributed by atoms with E-state index < -0.39 is 23.7 Å². The molecule has 0 spiro atoms. The van der Waals surface area contributed by atoms with Crippen molar-refractivity contribution < 1.29 is 19.1 Å². The van der Waals surface area contributed by atoms with Gasteiger partial charge in [-0.25, -0.2) is 9.18 Å². The molecule has 1 aromatic rings. The zero-order valence-electron chi connectivity index (χ0n) is 11.5. The summed E-state index contributed by atoms with van der Waals surface area (Å²) in [6, 6.07) is 4.71. The summed E-state index contributed by atoms with van der Waals surface area (Å²) in [6.45, 7) is 3.71. The Bertz CT molecular complexity index is 522. The number of carboxylic acid groups (broad SMARTS) is 1. The van der Waals surface area contributed by atoms with Crippen LogP contribution in [0.4, 0.5) is 4.39 Å². The Labute approximate surface area is 117 Å². The van der Waals surface area contributed by atoms with Gasteiger partial charge in [0.1, 0.15) is 11.9 Å². The van der Waals surface area contributed by atoms with Gasteiger partial charge in [0, 0.05) is 0 Å². The molecule has 0 saturated carbocycles. The lowest BCUT2D eigenvalue weighted by Crippen LogP contribution is -2.41. The SMILES string of the molecule is CC(C)=CC[C@H](NC(=O)Cc1cccc(F)c1)C(=O)O. The molecule has 5 heteroatoms. The zero-order valence-corrected chi connectivity index (χ0v) is 11.5. The van der Waals surface area contributed by atoms with Crippen molar-refractivity contribution in [1.29, 1.82) is 0 Å². The van der Waals surface area contributed by atoms with E-state index in [2.05, 4.69) is 5.32 Å². The molecule has 0 aromatic heterocycles. The summed E-state index contributed by atoms with van der Waals surface area (Å²) in [7, 11) is 0. The molecular weight excluding hydrogens is 261 g/mol. The van der Waals surface area contributed by atoms with E-state index in [9.17, 15) is 14.0 Å². The summed E-state index contributed by atoms with van der Waals surface area (Å²) < 4.78 is 13.0. The van der Waals surface area contributed by atoms with Crippen LogP contribution in [0.5, 0.6) is 0 Å². The minimum Gasteiger partial charge on any atom is -0.480 e. The lowest BCUT2D eigenvalue weighted by molar-refractivity contribution is -0.141. The van der Waals surface area contributed by atoms with Gasteiger partial charge in [-0.15, -0.1) is 0 Å². The van der Waals surface area contributed by atoms with E-state index in [0.29, 0.717) is 5.56 Å². The van der Waals surface area contributed by atoms with Crippen LogP contribution >= 0.6 is 0 Å². The number of allylic oxidation sites excluding steroid dienone is 1. The van der Waals surface area contributed by atoms with Crippen LogP contribution in [0.3, 0.4) is 0 Å². The summed E-state index contributed by atoms with van der Waals surface area (Å²) in [4.78, 5) is 22.8. The van der Waals surface area contributed by atoms with Crippen molar-refractivity contribution in [2.45, 2.75) is 32.7 Å². The first-order valence-corrected chi connectivity index (χ1v) is 6.28. The maximum Gasteiger partial charge on any atom is 0.326 e. The highest BCUT2D eigenvalue weighted by atomic mass is 19.1. The normalized spacial score (nSPS) is 11.6. The molecule has 2 N–H and O–H groups in total. The van der Waals surface area contributed by atoms with Gasteiger partial charge in [-0.05, 0) is 38.0 Å². The molecule has 0 unspecified atom stereocenters. The molecule has 0 fully saturated rings. The highest BCUT2D eigenvalue weighted by Gasteiger charge is 2.18. The van der Waals surface area contributed by atoms with Crippen LogP contribution in [0.2, 0.25) is 0 Å². The van der Waals surface area contributed by atoms with Crippen molar-refractivity contribution in [2.24, 2.45) is 0 Å². The van der Waals surface area contributed by atoms with E-state index in [4.69, 9.17) is 5.11 Å². The zero-order chi connectivity index (χ0) is 15.1. The second kappa shape index (κ2) is 7.43. The number of amides is 1. The molecule has 1 aromatic carbocycles. The highest BCUT2D eigenvalue weighted by Crippen LogP contribution is 2.05. The fourth-order valence-electron chi connectivity index (χ4n) is 1.65. The van der Waals surface area contributed by atoms with Crippen LogP contribution in [0.15, 0.2) is 35.9 Å². The monoisotopic (exact) mass is 279 g/mol. The first-order chi connectivity index (χ1) is 9.38. The van der Waals surface area contributed by atoms with Crippen LogP contribution in [0.25, 0.3) is 0 Å². The van der Waals surface area contributed by atoms with Crippen LogP contribution in [0, 0.1) is 5.82 Å². The summed E-state index contributed by atoms with van der Waals surface area (Å²) in [5.74, 6) is -1.95. The van der Waals surface area contributed by atoms with Gasteiger partial charge in [-0.2, -0.15) is 0 Å². The van der Waals surface area contributed by atoms with Crippen molar-refractivity contribution in [3.05, 3.63) is 47.3 Å². The van der Waals surface area contributed by atoms with E-state index in [1.807, 2.05) is 13.8 Å². The predicted molar refractivity (Wildman–Crippen MR) is 73.7 cm³/mol. The van der Waals surface area contributed by atoms with Gasteiger partial charge < -0.3 is 10.4 Å². The maximum atomic E-state index is 13.0. The Morgan fingerprint density at radius 3 is 2.65 bits per heavy atom. The van der Waals surface area contributed by atoms with E-state index >= 15 is 0 Å². The number of hydrogen-bond donors (Lipinski definition) is 2. The fourth-order valence-corrected chi connectivity index (χ4v) is 1.65. The quantitative estimate of drug-likeness (QED) is 0.785. The van der Waals surface area contributed by atoms with E-state index in [1.165, 1.54) is 18.2 Å². The van der Waals surface area contributed by atoms with Crippen molar-refractivity contribution in [3.8, 4) is 0 Å². The molecule has 1 rings (SSSR count). The van der Waals surface area contributed by atoms with Crippen LogP contribution in [-0.2, 0) is 16.0 Å². The Morgan fingerprint density at radius 2 is 2.10 bits per heavy atom. The third-order valence-electron chi connectivity index (χ3n) is 2.65. The molecule has 108 valence electrons. The van der Waals surface area contributed by atoms with Gasteiger partial charge in [0.2, 0.25) is 5.91 Å². The summed E-state index contributed by atoms with van der Waals surface area (Å²) in [5.41, 5.74) is 1.49. The highest BCUT2D eigenvalue weighted by molar-refractivity contribution is 5.84. The number of carbonyl (C=O) groups is 2. The van der Waals surface area contributed by atoms with Gasteiger partial charge in [-0.1, -0.05) is 23.8 Å². The minimum atomic E-state index is -1.09. The molecule has 0 heterocycles. The van der Waals surface area contributed by atoms with Gasteiger partial charge in [0.05, 0.1) is 6.42 Å². The third-order valence-corrected chi connectivity index (χ3v) is 2.65. The lowest BCUT2D eigenvalue weighted by Gasteiger charge is -2.13. The molecule has 20 heavy (non-hydrogen) atoms. The number of benzene rings is 1. The predicted octanol–water partition coefficient (Wildman–Crippen LogP) is 2.29. The first kappa shape index (κ1) is 15.9. The molecule has 4 nitrogen and oxygen atoms in total. The molecule has 0 radical (unpaired) electrons. The summed E-state index contributed by atoms with van der Waals surface area (Å²) >= 11 is 0. The number of carbonyl (C=O) groups excluding carboxylic acids is 1. The first-order valence-electron chi connectivity index (χ1n) is 6.28. The second-order valence-electron chi connectivity index (χ2n) is 4.78. The van der Waals surface area contributed by atoms with E-state index in [-0.39, 0.29) is 12.8 Å². The Balaban J connectivity index is 2.62. The topological polar surface area (TPSA) is 66.4 Å². The molecule has 0 saturated heterocycles. The summed E-state index contributed by atoms with van der Waals surface area (Å²) in [6.07, 6.45) is 1.93. The average Bonchev–Trinajstić information content (AvgIpc) is 2.33.